The molecule has 212 valence electrons. The van der Waals surface area contributed by atoms with Crippen molar-refractivity contribution in [3.05, 3.63) is 158 Å². The summed E-state index contributed by atoms with van der Waals surface area (Å²) >= 11 is 3.68. The second-order valence-electron chi connectivity index (χ2n) is 11.3. The van der Waals surface area contributed by atoms with E-state index < -0.39 is 0 Å². The lowest BCUT2D eigenvalue weighted by atomic mass is 10.0. The Hall–Kier alpha value is -5.29. The van der Waals surface area contributed by atoms with Crippen molar-refractivity contribution >= 4 is 80.1 Å². The summed E-state index contributed by atoms with van der Waals surface area (Å²) in [6.45, 7) is 0. The average molecular weight is 611 g/mol. The van der Waals surface area contributed by atoms with Crippen molar-refractivity contribution in [2.75, 3.05) is 4.90 Å². The molecule has 0 atom stereocenters. The van der Waals surface area contributed by atoms with Crippen LogP contribution in [0.5, 0.6) is 0 Å². The van der Waals surface area contributed by atoms with Gasteiger partial charge in [-0.25, -0.2) is 0 Å². The number of rotatable bonds is 5. The Morgan fingerprint density at radius 3 is 1.76 bits per heavy atom. The molecule has 0 unspecified atom stereocenters. The van der Waals surface area contributed by atoms with Gasteiger partial charge in [-0.3, -0.25) is 4.98 Å². The van der Waals surface area contributed by atoms with E-state index in [4.69, 9.17) is 0 Å². The van der Waals surface area contributed by atoms with E-state index in [-0.39, 0.29) is 0 Å². The summed E-state index contributed by atoms with van der Waals surface area (Å²) in [6, 6.07) is 52.9. The van der Waals surface area contributed by atoms with E-state index in [0.29, 0.717) is 0 Å². The van der Waals surface area contributed by atoms with Crippen LogP contribution in [0.1, 0.15) is 0 Å². The predicted octanol–water partition coefficient (Wildman–Crippen LogP) is 12.6. The molecule has 6 aromatic carbocycles. The molecule has 2 nitrogen and oxygen atoms in total. The van der Waals surface area contributed by atoms with Crippen LogP contribution in [-0.4, -0.2) is 4.98 Å². The molecule has 0 spiro atoms. The minimum Gasteiger partial charge on any atom is -0.310 e. The van der Waals surface area contributed by atoms with Crippen LogP contribution >= 0.6 is 22.7 Å². The Labute approximate surface area is 269 Å². The number of fused-ring (bicyclic) bond motifs is 6. The molecule has 9 rings (SSSR count). The van der Waals surface area contributed by atoms with Crippen molar-refractivity contribution in [3.8, 4) is 22.3 Å². The van der Waals surface area contributed by atoms with Gasteiger partial charge in [-0.15, -0.1) is 22.7 Å². The van der Waals surface area contributed by atoms with Crippen LogP contribution in [-0.2, 0) is 0 Å². The van der Waals surface area contributed by atoms with Crippen molar-refractivity contribution in [2.45, 2.75) is 0 Å². The Morgan fingerprint density at radius 1 is 0.378 bits per heavy atom. The fourth-order valence-electron chi connectivity index (χ4n) is 6.34. The summed E-state index contributed by atoms with van der Waals surface area (Å²) in [7, 11) is 0. The van der Waals surface area contributed by atoms with E-state index in [9.17, 15) is 0 Å². The van der Waals surface area contributed by atoms with E-state index in [0.717, 1.165) is 17.1 Å². The molecule has 0 radical (unpaired) electrons. The van der Waals surface area contributed by atoms with Crippen molar-refractivity contribution in [1.29, 1.82) is 0 Å². The largest absolute Gasteiger partial charge is 0.310 e. The Bertz CT molecular complexity index is 2470. The zero-order chi connectivity index (χ0) is 29.7. The molecular formula is C41H26N2S2. The number of aromatic nitrogens is 1. The van der Waals surface area contributed by atoms with Gasteiger partial charge in [0, 0.05) is 69.8 Å². The van der Waals surface area contributed by atoms with Crippen molar-refractivity contribution < 1.29 is 0 Å². The van der Waals surface area contributed by atoms with Gasteiger partial charge in [0.15, 0.2) is 0 Å². The highest BCUT2D eigenvalue weighted by Gasteiger charge is 2.16. The summed E-state index contributed by atoms with van der Waals surface area (Å²) in [5.74, 6) is 0. The maximum Gasteiger partial charge on any atom is 0.0468 e. The summed E-state index contributed by atoms with van der Waals surface area (Å²) < 4.78 is 5.19. The summed E-state index contributed by atoms with van der Waals surface area (Å²) in [5, 5.41) is 5.09. The van der Waals surface area contributed by atoms with E-state index in [1.807, 2.05) is 35.1 Å². The second-order valence-corrected chi connectivity index (χ2v) is 13.4. The summed E-state index contributed by atoms with van der Waals surface area (Å²) in [4.78, 5) is 6.71. The smallest absolute Gasteiger partial charge is 0.0468 e. The predicted molar refractivity (Wildman–Crippen MR) is 196 cm³/mol. The van der Waals surface area contributed by atoms with Gasteiger partial charge in [0.25, 0.3) is 0 Å². The topological polar surface area (TPSA) is 16.1 Å². The number of pyridine rings is 1. The first kappa shape index (κ1) is 26.1. The fraction of sp³-hybridized carbons (Fsp3) is 0. The minimum atomic E-state index is 1.12. The van der Waals surface area contributed by atoms with Crippen LogP contribution in [0.4, 0.5) is 17.1 Å². The Balaban J connectivity index is 1.14. The maximum atomic E-state index is 4.34. The van der Waals surface area contributed by atoms with Crippen molar-refractivity contribution in [1.82, 2.24) is 4.98 Å². The first-order valence-corrected chi connectivity index (χ1v) is 16.7. The zero-order valence-electron chi connectivity index (χ0n) is 24.2. The average Bonchev–Trinajstić information content (AvgIpc) is 3.67. The van der Waals surface area contributed by atoms with Crippen LogP contribution in [0.2, 0.25) is 0 Å². The summed E-state index contributed by atoms with van der Waals surface area (Å²) in [6.07, 6.45) is 3.84. The van der Waals surface area contributed by atoms with Gasteiger partial charge in [-0.1, -0.05) is 84.9 Å². The van der Waals surface area contributed by atoms with E-state index in [1.54, 1.807) is 0 Å². The minimum absolute atomic E-state index is 1.12. The molecule has 0 aliphatic heterocycles. The van der Waals surface area contributed by atoms with Crippen LogP contribution in [0.15, 0.2) is 158 Å². The van der Waals surface area contributed by atoms with Gasteiger partial charge < -0.3 is 4.90 Å². The Kier molecular flexibility index (Phi) is 6.22. The number of hydrogen-bond acceptors (Lipinski definition) is 4. The van der Waals surface area contributed by atoms with Crippen molar-refractivity contribution in [2.24, 2.45) is 0 Å². The van der Waals surface area contributed by atoms with E-state index in [1.165, 1.54) is 62.6 Å². The third-order valence-corrected chi connectivity index (χ3v) is 10.9. The Morgan fingerprint density at radius 2 is 0.956 bits per heavy atom. The molecule has 4 heteroatoms. The number of nitrogens with zero attached hydrogens (tertiary/aromatic N) is 2. The lowest BCUT2D eigenvalue weighted by molar-refractivity contribution is 1.29. The van der Waals surface area contributed by atoms with Crippen molar-refractivity contribution in [3.63, 3.8) is 0 Å². The maximum absolute atomic E-state index is 4.34. The molecule has 3 aromatic heterocycles. The molecule has 0 bridgehead atoms. The molecule has 0 saturated carbocycles. The van der Waals surface area contributed by atoms with Crippen LogP contribution in [0.25, 0.3) is 62.6 Å². The number of hydrogen-bond donors (Lipinski definition) is 0. The first-order valence-electron chi connectivity index (χ1n) is 15.0. The zero-order valence-corrected chi connectivity index (χ0v) is 25.9. The quantitative estimate of drug-likeness (QED) is 0.193. The lowest BCUT2D eigenvalue weighted by Crippen LogP contribution is -2.09. The van der Waals surface area contributed by atoms with Crippen LogP contribution < -0.4 is 4.90 Å². The molecule has 0 fully saturated rings. The lowest BCUT2D eigenvalue weighted by Gasteiger charge is -2.26. The molecule has 0 amide bonds. The molecule has 0 N–H and O–H groups in total. The number of thiophene rings is 2. The van der Waals surface area contributed by atoms with Crippen LogP contribution in [0.3, 0.4) is 0 Å². The highest BCUT2D eigenvalue weighted by atomic mass is 32.1. The molecule has 3 heterocycles. The highest BCUT2D eigenvalue weighted by Crippen LogP contribution is 2.42. The molecule has 0 aliphatic carbocycles. The van der Waals surface area contributed by atoms with Gasteiger partial charge in [0.2, 0.25) is 0 Å². The normalized spacial score (nSPS) is 11.6. The van der Waals surface area contributed by atoms with E-state index >= 15 is 0 Å². The van der Waals surface area contributed by atoms with Gasteiger partial charge in [-0.2, -0.15) is 0 Å². The van der Waals surface area contributed by atoms with Gasteiger partial charge in [-0.05, 0) is 82.9 Å². The molecule has 0 aliphatic rings. The molecule has 9 aromatic rings. The molecule has 45 heavy (non-hydrogen) atoms. The van der Waals surface area contributed by atoms with E-state index in [2.05, 4.69) is 155 Å². The number of benzene rings is 6. The summed E-state index contributed by atoms with van der Waals surface area (Å²) in [5.41, 5.74) is 8.25. The second kappa shape index (κ2) is 10.7. The molecule has 0 saturated heterocycles. The van der Waals surface area contributed by atoms with Gasteiger partial charge in [0.05, 0.1) is 0 Å². The molecular weight excluding hydrogens is 585 g/mol. The van der Waals surface area contributed by atoms with Gasteiger partial charge >= 0.3 is 0 Å². The highest BCUT2D eigenvalue weighted by molar-refractivity contribution is 7.26. The number of anilines is 3. The first-order chi connectivity index (χ1) is 22.3. The monoisotopic (exact) mass is 610 g/mol. The van der Waals surface area contributed by atoms with Gasteiger partial charge in [0.1, 0.15) is 0 Å². The fourth-order valence-corrected chi connectivity index (χ4v) is 8.54. The third-order valence-electron chi connectivity index (χ3n) is 8.58. The van der Waals surface area contributed by atoms with Crippen LogP contribution in [0, 0.1) is 0 Å². The third kappa shape index (κ3) is 4.58. The standard InChI is InChI=1S/C41H26N2S2/c1-2-6-27(7-3-1)28-10-15-31(16-11-28)43(33-19-21-39-36(25-33)34-8-4-5-9-38(34)44-39)32-17-12-29(13-18-32)30-14-20-35-37-26-42-23-22-40(37)45-41(35)24-30/h1-26H. The SMILES string of the molecule is c1ccc(-c2ccc(N(c3ccc(-c4ccc5c(c4)sc4ccncc45)cc3)c3ccc4sc5ccccc5c4c3)cc2)cc1.